The molecule has 19 heavy (non-hydrogen) atoms. The topological polar surface area (TPSA) is 50.8 Å². The normalized spacial score (nSPS) is 18.6. The van der Waals surface area contributed by atoms with E-state index >= 15 is 0 Å². The Labute approximate surface area is 113 Å². The standard InChI is InChI=1S/C14H20N2O3/c1-10-9-19-13-5-4-11(18-7-6-15-2)8-12(13)14(17)16(10)3/h4-5,8,10,15H,6-7,9H2,1-3H3. The van der Waals surface area contributed by atoms with E-state index in [1.54, 1.807) is 24.1 Å². The van der Waals surface area contributed by atoms with Crippen molar-refractivity contribution in [2.75, 3.05) is 33.9 Å². The van der Waals surface area contributed by atoms with E-state index in [0.29, 0.717) is 30.3 Å². The smallest absolute Gasteiger partial charge is 0.257 e. The third-order valence-corrected chi connectivity index (χ3v) is 3.26. The van der Waals surface area contributed by atoms with E-state index in [0.717, 1.165) is 6.54 Å². The summed E-state index contributed by atoms with van der Waals surface area (Å²) in [7, 11) is 3.66. The average Bonchev–Trinajstić information content (AvgIpc) is 2.52. The van der Waals surface area contributed by atoms with Gasteiger partial charge in [0.1, 0.15) is 24.7 Å². The van der Waals surface area contributed by atoms with Crippen molar-refractivity contribution in [1.82, 2.24) is 10.2 Å². The number of carbonyl (C=O) groups excluding carboxylic acids is 1. The van der Waals surface area contributed by atoms with Crippen LogP contribution in [0.2, 0.25) is 0 Å². The molecule has 0 saturated carbocycles. The Balaban J connectivity index is 2.21. The lowest BCUT2D eigenvalue weighted by atomic mass is 10.1. The molecule has 1 aliphatic heterocycles. The van der Waals surface area contributed by atoms with Crippen LogP contribution in [0.1, 0.15) is 17.3 Å². The third kappa shape index (κ3) is 2.98. The SMILES string of the molecule is CNCCOc1ccc2c(c1)C(=O)N(C)C(C)CO2. The van der Waals surface area contributed by atoms with Crippen molar-refractivity contribution in [3.8, 4) is 11.5 Å². The molecule has 0 saturated heterocycles. The Hall–Kier alpha value is -1.75. The van der Waals surface area contributed by atoms with E-state index in [-0.39, 0.29) is 11.9 Å². The molecule has 104 valence electrons. The average molecular weight is 264 g/mol. The van der Waals surface area contributed by atoms with E-state index in [2.05, 4.69) is 5.32 Å². The number of carbonyl (C=O) groups is 1. The van der Waals surface area contributed by atoms with Crippen LogP contribution in [0.25, 0.3) is 0 Å². The molecule has 1 N–H and O–H groups in total. The number of nitrogens with zero attached hydrogens (tertiary/aromatic N) is 1. The van der Waals surface area contributed by atoms with Gasteiger partial charge in [-0.15, -0.1) is 0 Å². The van der Waals surface area contributed by atoms with Crippen LogP contribution in [-0.2, 0) is 0 Å². The molecule has 0 aromatic heterocycles. The second-order valence-corrected chi connectivity index (χ2v) is 4.69. The van der Waals surface area contributed by atoms with E-state index in [1.807, 2.05) is 20.0 Å². The van der Waals surface area contributed by atoms with Gasteiger partial charge in [0.05, 0.1) is 11.6 Å². The number of fused-ring (bicyclic) bond motifs is 1. The van der Waals surface area contributed by atoms with Crippen molar-refractivity contribution in [2.24, 2.45) is 0 Å². The number of benzene rings is 1. The Morgan fingerprint density at radius 1 is 1.53 bits per heavy atom. The first-order chi connectivity index (χ1) is 9.13. The first kappa shape index (κ1) is 13.7. The van der Waals surface area contributed by atoms with Crippen LogP contribution in [0.3, 0.4) is 0 Å². The van der Waals surface area contributed by atoms with Gasteiger partial charge < -0.3 is 19.7 Å². The molecule has 1 atom stereocenters. The van der Waals surface area contributed by atoms with Gasteiger partial charge in [0.2, 0.25) is 0 Å². The molecule has 5 heteroatoms. The molecule has 1 amide bonds. The summed E-state index contributed by atoms with van der Waals surface area (Å²) in [6.45, 7) is 3.80. The minimum Gasteiger partial charge on any atom is -0.492 e. The van der Waals surface area contributed by atoms with E-state index in [9.17, 15) is 4.79 Å². The highest BCUT2D eigenvalue weighted by Gasteiger charge is 2.25. The molecule has 0 bridgehead atoms. The Morgan fingerprint density at radius 2 is 2.32 bits per heavy atom. The molecule has 0 aliphatic carbocycles. The predicted octanol–water partition coefficient (Wildman–Crippen LogP) is 1.14. The van der Waals surface area contributed by atoms with Crippen molar-refractivity contribution < 1.29 is 14.3 Å². The zero-order valence-electron chi connectivity index (χ0n) is 11.6. The summed E-state index contributed by atoms with van der Waals surface area (Å²) in [5, 5.41) is 3.01. The summed E-state index contributed by atoms with van der Waals surface area (Å²) >= 11 is 0. The molecular weight excluding hydrogens is 244 g/mol. The van der Waals surface area contributed by atoms with Gasteiger partial charge in [-0.05, 0) is 32.2 Å². The molecule has 1 aromatic rings. The van der Waals surface area contributed by atoms with Crippen LogP contribution in [-0.4, -0.2) is 50.7 Å². The Bertz CT molecular complexity index is 462. The van der Waals surface area contributed by atoms with Gasteiger partial charge in [-0.1, -0.05) is 0 Å². The quantitative estimate of drug-likeness (QED) is 0.829. The van der Waals surface area contributed by atoms with Crippen molar-refractivity contribution in [3.05, 3.63) is 23.8 Å². The zero-order valence-corrected chi connectivity index (χ0v) is 11.6. The predicted molar refractivity (Wildman–Crippen MR) is 72.9 cm³/mol. The summed E-state index contributed by atoms with van der Waals surface area (Å²) in [6, 6.07) is 5.45. The molecule has 1 aromatic carbocycles. The molecule has 0 fully saturated rings. The van der Waals surface area contributed by atoms with Crippen molar-refractivity contribution >= 4 is 5.91 Å². The third-order valence-electron chi connectivity index (χ3n) is 3.26. The molecular formula is C14H20N2O3. The maximum Gasteiger partial charge on any atom is 0.257 e. The molecule has 0 radical (unpaired) electrons. The molecule has 5 nitrogen and oxygen atoms in total. The van der Waals surface area contributed by atoms with E-state index < -0.39 is 0 Å². The van der Waals surface area contributed by atoms with Gasteiger partial charge in [-0.25, -0.2) is 0 Å². The van der Waals surface area contributed by atoms with Gasteiger partial charge in [0, 0.05) is 13.6 Å². The second kappa shape index (κ2) is 5.93. The van der Waals surface area contributed by atoms with Gasteiger partial charge in [0.25, 0.3) is 5.91 Å². The number of hydrogen-bond donors (Lipinski definition) is 1. The van der Waals surface area contributed by atoms with E-state index in [4.69, 9.17) is 9.47 Å². The van der Waals surface area contributed by atoms with Crippen LogP contribution >= 0.6 is 0 Å². The summed E-state index contributed by atoms with van der Waals surface area (Å²) in [6.07, 6.45) is 0. The van der Waals surface area contributed by atoms with Crippen LogP contribution in [0, 0.1) is 0 Å². The van der Waals surface area contributed by atoms with Gasteiger partial charge in [0.15, 0.2) is 0 Å². The van der Waals surface area contributed by atoms with Crippen LogP contribution < -0.4 is 14.8 Å². The maximum absolute atomic E-state index is 12.3. The molecule has 1 heterocycles. The number of likely N-dealkylation sites (N-methyl/N-ethyl adjacent to an activating group) is 2. The molecule has 0 spiro atoms. The Morgan fingerprint density at radius 3 is 3.05 bits per heavy atom. The van der Waals surface area contributed by atoms with E-state index in [1.165, 1.54) is 0 Å². The number of rotatable bonds is 4. The summed E-state index contributed by atoms with van der Waals surface area (Å²) < 4.78 is 11.2. The number of hydrogen-bond acceptors (Lipinski definition) is 4. The van der Waals surface area contributed by atoms with Crippen molar-refractivity contribution in [2.45, 2.75) is 13.0 Å². The fraction of sp³-hybridized carbons (Fsp3) is 0.500. The molecule has 1 aliphatic rings. The number of nitrogens with one attached hydrogen (secondary N) is 1. The fourth-order valence-corrected chi connectivity index (χ4v) is 1.88. The molecule has 1 unspecified atom stereocenters. The van der Waals surface area contributed by atoms with Gasteiger partial charge in [-0.2, -0.15) is 0 Å². The summed E-state index contributed by atoms with van der Waals surface area (Å²) in [5.41, 5.74) is 0.564. The number of amides is 1. The van der Waals surface area contributed by atoms with Crippen LogP contribution in [0.5, 0.6) is 11.5 Å². The highest BCUT2D eigenvalue weighted by molar-refractivity contribution is 5.97. The zero-order chi connectivity index (χ0) is 13.8. The lowest BCUT2D eigenvalue weighted by molar-refractivity contribution is 0.0732. The lowest BCUT2D eigenvalue weighted by Gasteiger charge is -2.20. The van der Waals surface area contributed by atoms with Crippen molar-refractivity contribution in [1.29, 1.82) is 0 Å². The highest BCUT2D eigenvalue weighted by Crippen LogP contribution is 2.28. The summed E-state index contributed by atoms with van der Waals surface area (Å²) in [4.78, 5) is 14.0. The highest BCUT2D eigenvalue weighted by atomic mass is 16.5. The van der Waals surface area contributed by atoms with Gasteiger partial charge >= 0.3 is 0 Å². The first-order valence-electron chi connectivity index (χ1n) is 6.45. The monoisotopic (exact) mass is 264 g/mol. The minimum absolute atomic E-state index is 0.0286. The lowest BCUT2D eigenvalue weighted by Crippen LogP contribution is -2.36. The second-order valence-electron chi connectivity index (χ2n) is 4.69. The Kier molecular flexibility index (Phi) is 4.27. The largest absolute Gasteiger partial charge is 0.492 e. The first-order valence-corrected chi connectivity index (χ1v) is 6.45. The number of ether oxygens (including phenoxy) is 2. The van der Waals surface area contributed by atoms with Crippen LogP contribution in [0.4, 0.5) is 0 Å². The molecule has 2 rings (SSSR count). The van der Waals surface area contributed by atoms with Gasteiger partial charge in [-0.3, -0.25) is 4.79 Å². The fourth-order valence-electron chi connectivity index (χ4n) is 1.88. The van der Waals surface area contributed by atoms with Crippen LogP contribution in [0.15, 0.2) is 18.2 Å². The summed E-state index contributed by atoms with van der Waals surface area (Å²) in [5.74, 6) is 1.29. The maximum atomic E-state index is 12.3. The van der Waals surface area contributed by atoms with Crippen molar-refractivity contribution in [3.63, 3.8) is 0 Å². The minimum atomic E-state index is -0.0286.